The van der Waals surface area contributed by atoms with E-state index in [4.69, 9.17) is 0 Å². The third-order valence-corrected chi connectivity index (χ3v) is 11.1. The molecule has 48 heavy (non-hydrogen) atoms. The van der Waals surface area contributed by atoms with Gasteiger partial charge in [0, 0.05) is 84.5 Å². The molecular weight excluding hydrogens is 633 g/mol. The molecule has 2 N–H and O–H groups in total. The summed E-state index contributed by atoms with van der Waals surface area (Å²) in [5.74, 6) is 2.20. The smallest absolute Gasteiger partial charge is 0.208 e. The first-order valence-electron chi connectivity index (χ1n) is 17.3. The zero-order chi connectivity index (χ0) is 34.1. The first-order valence-corrected chi connectivity index (χ1v) is 19.8. The molecule has 8 heteroatoms. The van der Waals surface area contributed by atoms with Gasteiger partial charge in [0.1, 0.15) is 13.2 Å². The van der Waals surface area contributed by atoms with Crippen molar-refractivity contribution in [2.45, 2.75) is 53.6 Å². The number of aliphatic hydroxyl groups excluding tert-OH is 2. The van der Waals surface area contributed by atoms with Crippen LogP contribution >= 0.6 is 21.6 Å². The molecule has 4 rings (SSSR count). The Kier molecular flexibility index (Phi) is 15.8. The number of allylic oxidation sites excluding steroid dienone is 7. The topological polar surface area (TPSA) is 54.7 Å². The van der Waals surface area contributed by atoms with Crippen LogP contribution < -0.4 is 14.0 Å². The van der Waals surface area contributed by atoms with Crippen molar-refractivity contribution < 1.29 is 19.3 Å². The number of hydrogen-bond donors (Lipinski definition) is 2. The second-order valence-corrected chi connectivity index (χ2v) is 14.7. The van der Waals surface area contributed by atoms with Crippen LogP contribution in [0.2, 0.25) is 0 Å². The number of anilines is 1. The molecular formula is C40H54N4O2S2+2. The van der Waals surface area contributed by atoms with Crippen LogP contribution in [0, 0.1) is 0 Å². The lowest BCUT2D eigenvalue weighted by atomic mass is 9.98. The van der Waals surface area contributed by atoms with Gasteiger partial charge in [-0.3, -0.25) is 0 Å². The Morgan fingerprint density at radius 1 is 0.708 bits per heavy atom. The molecule has 0 saturated heterocycles. The molecule has 1 aromatic carbocycles. The van der Waals surface area contributed by atoms with Crippen molar-refractivity contribution in [1.82, 2.24) is 4.90 Å². The fourth-order valence-electron chi connectivity index (χ4n) is 6.14. The number of aromatic nitrogens is 2. The van der Waals surface area contributed by atoms with E-state index in [0.29, 0.717) is 13.1 Å². The summed E-state index contributed by atoms with van der Waals surface area (Å²) < 4.78 is 4.21. The summed E-state index contributed by atoms with van der Waals surface area (Å²) in [6, 6.07) is 21.2. The van der Waals surface area contributed by atoms with Crippen molar-refractivity contribution in [3.63, 3.8) is 0 Å². The highest BCUT2D eigenvalue weighted by Gasteiger charge is 2.15. The van der Waals surface area contributed by atoms with Crippen LogP contribution in [-0.2, 0) is 13.1 Å². The second-order valence-electron chi connectivity index (χ2n) is 12.0. The number of pyridine rings is 2. The highest BCUT2D eigenvalue weighted by Crippen LogP contribution is 2.27. The van der Waals surface area contributed by atoms with E-state index in [9.17, 15) is 10.2 Å². The molecule has 0 amide bonds. The fraction of sp³-hybridized carbons (Fsp3) is 0.400. The van der Waals surface area contributed by atoms with E-state index in [2.05, 4.69) is 113 Å². The first kappa shape index (κ1) is 37.5. The van der Waals surface area contributed by atoms with Crippen molar-refractivity contribution in [2.75, 3.05) is 55.8 Å². The van der Waals surface area contributed by atoms with E-state index in [1.54, 1.807) is 0 Å². The van der Waals surface area contributed by atoms with E-state index in [-0.39, 0.29) is 13.2 Å². The van der Waals surface area contributed by atoms with Gasteiger partial charge in [0.2, 0.25) is 11.4 Å². The average Bonchev–Trinajstić information content (AvgIpc) is 3.11. The molecule has 0 bridgehead atoms. The minimum atomic E-state index is 0.129. The van der Waals surface area contributed by atoms with Crippen LogP contribution in [0.15, 0.2) is 103 Å². The summed E-state index contributed by atoms with van der Waals surface area (Å²) in [6.07, 6.45) is 15.3. The van der Waals surface area contributed by atoms with E-state index in [0.717, 1.165) is 61.9 Å². The van der Waals surface area contributed by atoms with Crippen LogP contribution in [0.5, 0.6) is 0 Å². The van der Waals surface area contributed by atoms with Crippen molar-refractivity contribution in [3.8, 4) is 0 Å². The molecule has 2 aromatic heterocycles. The summed E-state index contributed by atoms with van der Waals surface area (Å²) in [5, 5.41) is 18.8. The average molecular weight is 687 g/mol. The van der Waals surface area contributed by atoms with Crippen LogP contribution in [0.1, 0.15) is 57.5 Å². The van der Waals surface area contributed by atoms with Crippen molar-refractivity contribution in [3.05, 3.63) is 120 Å². The van der Waals surface area contributed by atoms with Gasteiger partial charge >= 0.3 is 0 Å². The summed E-state index contributed by atoms with van der Waals surface area (Å²) in [6.45, 7) is 14.4. The van der Waals surface area contributed by atoms with Crippen LogP contribution in [0.25, 0.3) is 17.2 Å². The van der Waals surface area contributed by atoms with Gasteiger partial charge in [0.05, 0.1) is 0 Å². The van der Waals surface area contributed by atoms with Crippen LogP contribution in [0.3, 0.4) is 0 Å². The van der Waals surface area contributed by atoms with Gasteiger partial charge in [-0.05, 0) is 94.2 Å². The minimum Gasteiger partial charge on any atom is -0.390 e. The summed E-state index contributed by atoms with van der Waals surface area (Å²) in [5.41, 5.74) is 9.93. The third kappa shape index (κ3) is 11.1. The van der Waals surface area contributed by atoms with Crippen molar-refractivity contribution >= 4 is 44.5 Å². The van der Waals surface area contributed by atoms with Gasteiger partial charge in [-0.15, -0.1) is 0 Å². The number of benzene rings is 1. The lowest BCUT2D eigenvalue weighted by Gasteiger charge is -2.28. The summed E-state index contributed by atoms with van der Waals surface area (Å²) >= 11 is 0. The molecule has 0 aliphatic heterocycles. The van der Waals surface area contributed by atoms with Crippen LogP contribution in [0.4, 0.5) is 5.69 Å². The highest BCUT2D eigenvalue weighted by molar-refractivity contribution is 8.76. The van der Waals surface area contributed by atoms with E-state index in [1.807, 2.05) is 52.2 Å². The maximum atomic E-state index is 9.43. The maximum Gasteiger partial charge on any atom is 0.208 e. The normalized spacial score (nSPS) is 13.7. The molecule has 6 nitrogen and oxygen atoms in total. The molecule has 2 heterocycles. The van der Waals surface area contributed by atoms with Gasteiger partial charge in [0.25, 0.3) is 0 Å². The molecule has 256 valence electrons. The summed E-state index contributed by atoms with van der Waals surface area (Å²) in [7, 11) is 3.96. The standard InChI is InChI=1S/C40H54N4O2S2/c1-5-41(37-17-13-35(14-18-37)31-33(3)39-11-7-9-21-43(39)23-27-45)25-29-47-48-30-26-42(6-2)38-19-15-36(16-20-38)32-34(4)40-12-8-10-22-44(40)24-28-46/h7-15,17-19,21-22,31-32,45-46H,5-6,16,20,23-30H2,1-4H3/q+2. The monoisotopic (exact) mass is 686 g/mol. The second kappa shape index (κ2) is 20.3. The molecule has 1 aliphatic rings. The van der Waals surface area contributed by atoms with Gasteiger partial charge in [0.15, 0.2) is 25.5 Å². The highest BCUT2D eigenvalue weighted by atomic mass is 33.1. The molecule has 1 aliphatic carbocycles. The van der Waals surface area contributed by atoms with Crippen molar-refractivity contribution in [1.29, 1.82) is 0 Å². The molecule has 0 spiro atoms. The predicted octanol–water partition coefficient (Wildman–Crippen LogP) is 7.04. The molecule has 0 unspecified atom stereocenters. The number of nitrogens with zero attached hydrogens (tertiary/aromatic N) is 4. The molecule has 3 aromatic rings. The van der Waals surface area contributed by atoms with E-state index < -0.39 is 0 Å². The first-order chi connectivity index (χ1) is 23.5. The Morgan fingerprint density at radius 3 is 1.79 bits per heavy atom. The molecule has 0 fully saturated rings. The maximum absolute atomic E-state index is 9.43. The Labute approximate surface area is 296 Å². The Bertz CT molecular complexity index is 1570. The fourth-order valence-corrected chi connectivity index (χ4v) is 8.12. The zero-order valence-corrected chi connectivity index (χ0v) is 30.9. The van der Waals surface area contributed by atoms with Gasteiger partial charge in [-0.2, -0.15) is 9.13 Å². The van der Waals surface area contributed by atoms with Gasteiger partial charge < -0.3 is 20.0 Å². The molecule has 0 radical (unpaired) electrons. The third-order valence-electron chi connectivity index (χ3n) is 8.72. The number of rotatable bonds is 19. The zero-order valence-electron chi connectivity index (χ0n) is 29.2. The Balaban J connectivity index is 1.22. The Hall–Kier alpha value is -3.30. The van der Waals surface area contributed by atoms with E-state index in [1.165, 1.54) is 33.7 Å². The largest absolute Gasteiger partial charge is 0.390 e. The lowest BCUT2D eigenvalue weighted by molar-refractivity contribution is -0.700. The lowest BCUT2D eigenvalue weighted by Crippen LogP contribution is -2.38. The molecule has 0 saturated carbocycles. The van der Waals surface area contributed by atoms with Crippen LogP contribution in [-0.4, -0.2) is 66.0 Å². The summed E-state index contributed by atoms with van der Waals surface area (Å²) in [4.78, 5) is 4.99. The minimum absolute atomic E-state index is 0.129. The van der Waals surface area contributed by atoms with Crippen molar-refractivity contribution in [2.24, 2.45) is 0 Å². The predicted molar refractivity (Wildman–Crippen MR) is 207 cm³/mol. The van der Waals surface area contributed by atoms with Gasteiger partial charge in [-0.1, -0.05) is 39.8 Å². The molecule has 0 atom stereocenters. The number of aliphatic hydroxyl groups is 2. The number of hydrogen-bond acceptors (Lipinski definition) is 6. The van der Waals surface area contributed by atoms with Gasteiger partial charge in [-0.25, -0.2) is 0 Å². The van der Waals surface area contributed by atoms with E-state index >= 15 is 0 Å². The quantitative estimate of drug-likeness (QED) is 0.0802. The Morgan fingerprint density at radius 2 is 1.27 bits per heavy atom. The SMILES string of the molecule is CCN(CCSSCCN(CC)c1ccc(/C=C(\C)c2cccc[n+]2CCO)cc1)C1=CC=C(/C=C(\C)c2cccc[n+]2CCO)CC1.